The summed E-state index contributed by atoms with van der Waals surface area (Å²) < 4.78 is 5.26. The Labute approximate surface area is 111 Å². The molecule has 0 radical (unpaired) electrons. The van der Waals surface area contributed by atoms with Crippen LogP contribution in [0, 0.1) is 11.8 Å². The Hall–Kier alpha value is -1.38. The predicted octanol–water partition coefficient (Wildman–Crippen LogP) is 4.47. The summed E-state index contributed by atoms with van der Waals surface area (Å²) in [6, 6.07) is 0. The van der Waals surface area contributed by atoms with E-state index < -0.39 is 0 Å². The molecule has 0 aromatic carbocycles. The van der Waals surface area contributed by atoms with Gasteiger partial charge in [0.2, 0.25) is 5.89 Å². The number of allylic oxidation sites excluding steroid dienone is 2. The first-order chi connectivity index (χ1) is 8.43. The highest BCUT2D eigenvalue weighted by Crippen LogP contribution is 2.18. The third kappa shape index (κ3) is 5.80. The predicted molar refractivity (Wildman–Crippen MR) is 78.9 cm³/mol. The smallest absolute Gasteiger partial charge is 0.227 e. The van der Waals surface area contributed by atoms with Crippen LogP contribution in [-0.4, -0.2) is 17.7 Å². The van der Waals surface area contributed by atoms with Gasteiger partial charge in [-0.25, -0.2) is 4.98 Å². The van der Waals surface area contributed by atoms with E-state index in [4.69, 9.17) is 4.42 Å². The zero-order valence-electron chi connectivity index (χ0n) is 12.7. The van der Waals surface area contributed by atoms with Gasteiger partial charge in [-0.05, 0) is 18.8 Å². The van der Waals surface area contributed by atoms with Gasteiger partial charge in [0.05, 0.1) is 11.8 Å². The van der Waals surface area contributed by atoms with Crippen molar-refractivity contribution in [1.82, 2.24) is 4.98 Å². The van der Waals surface area contributed by atoms with Crippen LogP contribution in [0.5, 0.6) is 0 Å². The minimum atomic E-state index is 0.373. The van der Waals surface area contributed by atoms with Crippen LogP contribution >= 0.6 is 0 Å². The average molecular weight is 250 g/mol. The third-order valence-electron chi connectivity index (χ3n) is 2.02. The number of aliphatic imine (C=N–C) groups is 1. The largest absolute Gasteiger partial charge is 0.444 e. The molecule has 0 spiro atoms. The maximum atomic E-state index is 5.26. The van der Waals surface area contributed by atoms with Gasteiger partial charge in [0.15, 0.2) is 0 Å². The Morgan fingerprint density at radius 1 is 1.28 bits per heavy atom. The van der Waals surface area contributed by atoms with Gasteiger partial charge in [0.25, 0.3) is 0 Å². The Morgan fingerprint density at radius 3 is 2.11 bits per heavy atom. The third-order valence-corrected chi connectivity index (χ3v) is 2.02. The summed E-state index contributed by atoms with van der Waals surface area (Å²) in [5.41, 5.74) is 2.00. The van der Waals surface area contributed by atoms with Crippen LogP contribution in [-0.2, 0) is 0 Å². The number of aromatic nitrogens is 1. The molecule has 0 fully saturated rings. The molecule has 0 aliphatic heterocycles. The van der Waals surface area contributed by atoms with E-state index in [1.807, 2.05) is 13.0 Å². The highest BCUT2D eigenvalue weighted by atomic mass is 16.3. The van der Waals surface area contributed by atoms with Gasteiger partial charge >= 0.3 is 0 Å². The molecule has 1 rings (SSSR count). The molecule has 3 nitrogen and oxygen atoms in total. The normalized spacial score (nSPS) is 12.7. The van der Waals surface area contributed by atoms with Crippen molar-refractivity contribution in [2.45, 2.75) is 41.5 Å². The zero-order chi connectivity index (χ0) is 14.1. The van der Waals surface area contributed by atoms with Crippen LogP contribution in [0.1, 0.15) is 47.4 Å². The molecule has 18 heavy (non-hydrogen) atoms. The van der Waals surface area contributed by atoms with E-state index >= 15 is 0 Å². The summed E-state index contributed by atoms with van der Waals surface area (Å²) in [4.78, 5) is 8.39. The summed E-state index contributed by atoms with van der Waals surface area (Å²) >= 11 is 0. The van der Waals surface area contributed by atoms with Crippen LogP contribution in [0.15, 0.2) is 27.9 Å². The van der Waals surface area contributed by atoms with Crippen molar-refractivity contribution >= 4 is 11.3 Å². The molecule has 1 heterocycles. The van der Waals surface area contributed by atoms with Gasteiger partial charge in [-0.15, -0.1) is 0 Å². The molecule has 1 aromatic rings. The lowest BCUT2D eigenvalue weighted by Crippen LogP contribution is -2.10. The zero-order valence-corrected chi connectivity index (χ0v) is 12.7. The molecule has 0 aliphatic rings. The molecule has 0 aliphatic carbocycles. The molecule has 0 amide bonds. The van der Waals surface area contributed by atoms with E-state index in [9.17, 15) is 0 Å². The molecule has 0 saturated heterocycles. The topological polar surface area (TPSA) is 38.4 Å². The molecule has 3 heteroatoms. The molecule has 0 N–H and O–H groups in total. The first kappa shape index (κ1) is 16.6. The number of nitrogens with zero attached hydrogens (tertiary/aromatic N) is 2. The minimum absolute atomic E-state index is 0.373. The van der Waals surface area contributed by atoms with E-state index in [1.165, 1.54) is 0 Å². The van der Waals surface area contributed by atoms with E-state index in [-0.39, 0.29) is 0 Å². The Kier molecular flexibility index (Phi) is 8.01. The van der Waals surface area contributed by atoms with Crippen molar-refractivity contribution < 1.29 is 4.42 Å². The van der Waals surface area contributed by atoms with Crippen molar-refractivity contribution in [3.8, 4) is 0 Å². The van der Waals surface area contributed by atoms with E-state index in [0.717, 1.165) is 17.2 Å². The van der Waals surface area contributed by atoms with E-state index in [0.29, 0.717) is 11.8 Å². The standard InChI is InChI=1S/C11H16N2O.C4H10/c1-5-9(10(12-4)8(2)3)11-13-6-7-14-11;1-4(2)3/h5-8H,1-4H3;4H,1-3H3/b9-5+,12-10?;. The van der Waals surface area contributed by atoms with Crippen molar-refractivity contribution in [2.24, 2.45) is 16.8 Å². The summed E-state index contributed by atoms with van der Waals surface area (Å²) in [6.45, 7) is 12.7. The Balaban J connectivity index is 0.000000631. The SMILES string of the molecule is C/C=C(\C(=NC)C(C)C)c1ncco1.CC(C)C. The van der Waals surface area contributed by atoms with Crippen LogP contribution in [0.3, 0.4) is 0 Å². The highest BCUT2D eigenvalue weighted by Gasteiger charge is 2.15. The highest BCUT2D eigenvalue weighted by molar-refractivity contribution is 6.23. The average Bonchev–Trinajstić information content (AvgIpc) is 2.77. The summed E-state index contributed by atoms with van der Waals surface area (Å²) in [6.07, 6.45) is 5.20. The first-order valence-corrected chi connectivity index (χ1v) is 6.47. The lowest BCUT2D eigenvalue weighted by atomic mass is 9.99. The summed E-state index contributed by atoms with van der Waals surface area (Å²) in [5, 5.41) is 0. The molecule has 1 aromatic heterocycles. The molecule has 0 saturated carbocycles. The second-order valence-electron chi connectivity index (χ2n) is 5.04. The molecular formula is C15H26N2O. The summed E-state index contributed by atoms with van der Waals surface area (Å²) in [5.74, 6) is 1.85. The molecule has 102 valence electrons. The second-order valence-corrected chi connectivity index (χ2v) is 5.04. The van der Waals surface area contributed by atoms with Crippen LogP contribution in [0.25, 0.3) is 5.57 Å². The van der Waals surface area contributed by atoms with Crippen molar-refractivity contribution in [2.75, 3.05) is 7.05 Å². The molecule has 0 unspecified atom stereocenters. The van der Waals surface area contributed by atoms with Gasteiger partial charge in [-0.1, -0.05) is 40.7 Å². The number of rotatable bonds is 3. The second kappa shape index (κ2) is 8.67. The van der Waals surface area contributed by atoms with Crippen LogP contribution in [0.2, 0.25) is 0 Å². The lowest BCUT2D eigenvalue weighted by molar-refractivity contribution is 0.543. The Bertz CT molecular complexity index is 370. The first-order valence-electron chi connectivity index (χ1n) is 6.47. The van der Waals surface area contributed by atoms with E-state index in [1.54, 1.807) is 19.5 Å². The minimum Gasteiger partial charge on any atom is -0.444 e. The van der Waals surface area contributed by atoms with E-state index in [2.05, 4.69) is 44.6 Å². The van der Waals surface area contributed by atoms with Crippen LogP contribution in [0.4, 0.5) is 0 Å². The van der Waals surface area contributed by atoms with Crippen molar-refractivity contribution in [3.63, 3.8) is 0 Å². The molecule has 0 atom stereocenters. The van der Waals surface area contributed by atoms with Gasteiger partial charge in [-0.3, -0.25) is 4.99 Å². The molecule has 0 bridgehead atoms. The molecular weight excluding hydrogens is 224 g/mol. The number of hydrogen-bond acceptors (Lipinski definition) is 3. The number of oxazole rings is 1. The number of hydrogen-bond donors (Lipinski definition) is 0. The fourth-order valence-electron chi connectivity index (χ4n) is 1.43. The fraction of sp³-hybridized carbons (Fsp3) is 0.600. The Morgan fingerprint density at radius 2 is 1.83 bits per heavy atom. The van der Waals surface area contributed by atoms with Gasteiger partial charge in [-0.2, -0.15) is 0 Å². The van der Waals surface area contributed by atoms with Gasteiger partial charge < -0.3 is 4.42 Å². The van der Waals surface area contributed by atoms with Gasteiger partial charge in [0, 0.05) is 12.8 Å². The van der Waals surface area contributed by atoms with Gasteiger partial charge in [0.1, 0.15) is 6.26 Å². The monoisotopic (exact) mass is 250 g/mol. The lowest BCUT2D eigenvalue weighted by Gasteiger charge is -2.10. The van der Waals surface area contributed by atoms with Crippen molar-refractivity contribution in [1.29, 1.82) is 0 Å². The maximum Gasteiger partial charge on any atom is 0.227 e. The maximum absolute atomic E-state index is 5.26. The van der Waals surface area contributed by atoms with Crippen molar-refractivity contribution in [3.05, 3.63) is 24.4 Å². The summed E-state index contributed by atoms with van der Waals surface area (Å²) in [7, 11) is 1.79. The quantitative estimate of drug-likeness (QED) is 0.742. The fourth-order valence-corrected chi connectivity index (χ4v) is 1.43. The van der Waals surface area contributed by atoms with Crippen LogP contribution < -0.4 is 0 Å².